The van der Waals surface area contributed by atoms with Crippen molar-refractivity contribution in [1.29, 1.82) is 0 Å². The molecular formula is C18H11ClF2N2O2S. The molecule has 1 aromatic heterocycles. The zero-order valence-corrected chi connectivity index (χ0v) is 14.6. The van der Waals surface area contributed by atoms with Gasteiger partial charge in [-0.25, -0.2) is 8.78 Å². The van der Waals surface area contributed by atoms with E-state index in [4.69, 9.17) is 11.6 Å². The molecule has 0 aliphatic heterocycles. The molecule has 2 amide bonds. The smallest absolute Gasteiger partial charge is 0.267 e. The molecule has 2 aromatic carbocycles. The lowest BCUT2D eigenvalue weighted by Gasteiger charge is -2.07. The highest BCUT2D eigenvalue weighted by Crippen LogP contribution is 2.28. The molecule has 26 heavy (non-hydrogen) atoms. The van der Waals surface area contributed by atoms with Crippen LogP contribution in [0.15, 0.2) is 54.6 Å². The van der Waals surface area contributed by atoms with E-state index in [1.165, 1.54) is 29.5 Å². The van der Waals surface area contributed by atoms with Crippen molar-refractivity contribution in [3.8, 4) is 10.4 Å². The van der Waals surface area contributed by atoms with Crippen molar-refractivity contribution in [2.24, 2.45) is 0 Å². The predicted molar refractivity (Wildman–Crippen MR) is 96.1 cm³/mol. The van der Waals surface area contributed by atoms with Crippen molar-refractivity contribution in [2.45, 2.75) is 0 Å². The van der Waals surface area contributed by atoms with Crippen LogP contribution in [-0.4, -0.2) is 11.8 Å². The van der Waals surface area contributed by atoms with Gasteiger partial charge in [0.1, 0.15) is 11.6 Å². The Morgan fingerprint density at radius 1 is 0.885 bits per heavy atom. The van der Waals surface area contributed by atoms with Crippen LogP contribution in [-0.2, 0) is 0 Å². The van der Waals surface area contributed by atoms with Gasteiger partial charge in [0.2, 0.25) is 0 Å². The number of carbonyl (C=O) groups excluding carboxylic acids is 2. The Labute approximate surface area is 156 Å². The minimum atomic E-state index is -0.825. The third-order valence-electron chi connectivity index (χ3n) is 3.42. The maximum absolute atomic E-state index is 13.6. The molecule has 3 rings (SSSR count). The van der Waals surface area contributed by atoms with Crippen LogP contribution in [0.5, 0.6) is 0 Å². The minimum Gasteiger partial charge on any atom is -0.267 e. The van der Waals surface area contributed by atoms with Gasteiger partial charge in [-0.15, -0.1) is 11.3 Å². The molecular weight excluding hydrogens is 382 g/mol. The molecule has 0 fully saturated rings. The van der Waals surface area contributed by atoms with Crippen LogP contribution >= 0.6 is 22.9 Å². The molecule has 1 heterocycles. The highest BCUT2D eigenvalue weighted by molar-refractivity contribution is 7.17. The second-order valence-corrected chi connectivity index (χ2v) is 6.72. The quantitative estimate of drug-likeness (QED) is 0.648. The number of rotatable bonds is 3. The van der Waals surface area contributed by atoms with E-state index in [0.29, 0.717) is 4.88 Å². The second-order valence-electron chi connectivity index (χ2n) is 5.20. The lowest BCUT2D eigenvalue weighted by Crippen LogP contribution is -2.41. The van der Waals surface area contributed by atoms with Crippen LogP contribution in [0.1, 0.15) is 20.0 Å². The van der Waals surface area contributed by atoms with Gasteiger partial charge in [0.25, 0.3) is 11.8 Å². The van der Waals surface area contributed by atoms with Crippen LogP contribution in [0.25, 0.3) is 10.4 Å². The van der Waals surface area contributed by atoms with Gasteiger partial charge < -0.3 is 0 Å². The number of carbonyl (C=O) groups is 2. The van der Waals surface area contributed by atoms with Crippen molar-refractivity contribution < 1.29 is 18.4 Å². The first-order valence-corrected chi connectivity index (χ1v) is 8.55. The molecule has 0 aliphatic rings. The third kappa shape index (κ3) is 4.07. The van der Waals surface area contributed by atoms with E-state index in [9.17, 15) is 18.4 Å². The first-order chi connectivity index (χ1) is 12.4. The van der Waals surface area contributed by atoms with E-state index in [1.54, 1.807) is 24.3 Å². The summed E-state index contributed by atoms with van der Waals surface area (Å²) in [4.78, 5) is 25.2. The molecule has 0 saturated carbocycles. The van der Waals surface area contributed by atoms with E-state index in [1.807, 2.05) is 0 Å². The zero-order valence-electron chi connectivity index (χ0n) is 13.1. The van der Waals surface area contributed by atoms with Crippen molar-refractivity contribution in [2.75, 3.05) is 0 Å². The predicted octanol–water partition coefficient (Wildman–Crippen LogP) is 4.42. The fraction of sp³-hybridized carbons (Fsp3) is 0. The Morgan fingerprint density at radius 3 is 2.31 bits per heavy atom. The summed E-state index contributed by atoms with van der Waals surface area (Å²) in [6.45, 7) is 0. The molecule has 0 atom stereocenters. The highest BCUT2D eigenvalue weighted by Gasteiger charge is 2.15. The average Bonchev–Trinajstić information content (AvgIpc) is 3.12. The summed E-state index contributed by atoms with van der Waals surface area (Å²) in [7, 11) is 0. The number of hydrogen-bond donors (Lipinski definition) is 2. The number of hydrazine groups is 1. The standard InChI is InChI=1S/C18H11ClF2N2O2S/c19-11-3-6-14(21)13(9-11)17(24)22-23-18(25)16-8-7-15(26-16)10-1-4-12(20)5-2-10/h1-9H,(H,22,24)(H,23,25). The number of benzene rings is 2. The molecule has 0 radical (unpaired) electrons. The van der Waals surface area contributed by atoms with E-state index in [2.05, 4.69) is 10.9 Å². The van der Waals surface area contributed by atoms with Crippen molar-refractivity contribution in [3.63, 3.8) is 0 Å². The Balaban J connectivity index is 1.66. The summed E-state index contributed by atoms with van der Waals surface area (Å²) in [5.74, 6) is -2.48. The first kappa shape index (κ1) is 18.0. The summed E-state index contributed by atoms with van der Waals surface area (Å²) in [6, 6.07) is 12.7. The number of hydrogen-bond acceptors (Lipinski definition) is 3. The van der Waals surface area contributed by atoms with Gasteiger partial charge >= 0.3 is 0 Å². The minimum absolute atomic E-state index is 0.199. The number of halogens is 3. The molecule has 0 spiro atoms. The van der Waals surface area contributed by atoms with Gasteiger partial charge in [-0.3, -0.25) is 20.4 Å². The second kappa shape index (κ2) is 7.63. The zero-order chi connectivity index (χ0) is 18.7. The maximum atomic E-state index is 13.6. The Bertz CT molecular complexity index is 974. The molecule has 0 bridgehead atoms. The molecule has 3 aromatic rings. The van der Waals surface area contributed by atoms with Gasteiger partial charge in [-0.2, -0.15) is 0 Å². The molecule has 4 nitrogen and oxygen atoms in total. The van der Waals surface area contributed by atoms with Crippen LogP contribution in [0.4, 0.5) is 8.78 Å². The SMILES string of the molecule is O=C(NNC(=O)c1cc(Cl)ccc1F)c1ccc(-c2ccc(F)cc2)s1. The maximum Gasteiger partial charge on any atom is 0.279 e. The molecule has 0 unspecified atom stereocenters. The van der Waals surface area contributed by atoms with Crippen molar-refractivity contribution in [3.05, 3.63) is 81.7 Å². The average molecular weight is 393 g/mol. The fourth-order valence-corrected chi connectivity index (χ4v) is 3.22. The lowest BCUT2D eigenvalue weighted by atomic mass is 10.2. The van der Waals surface area contributed by atoms with Gasteiger partial charge in [0.05, 0.1) is 10.4 Å². The summed E-state index contributed by atoms with van der Waals surface area (Å²) < 4.78 is 26.6. The number of nitrogens with one attached hydrogen (secondary N) is 2. The third-order valence-corrected chi connectivity index (χ3v) is 4.79. The number of thiophene rings is 1. The van der Waals surface area contributed by atoms with Crippen molar-refractivity contribution in [1.82, 2.24) is 10.9 Å². The van der Waals surface area contributed by atoms with E-state index in [0.717, 1.165) is 22.6 Å². The Hall–Kier alpha value is -2.77. The van der Waals surface area contributed by atoms with Gasteiger partial charge in [0.15, 0.2) is 0 Å². The molecule has 0 saturated heterocycles. The molecule has 132 valence electrons. The first-order valence-electron chi connectivity index (χ1n) is 7.35. The summed E-state index contributed by atoms with van der Waals surface area (Å²) in [6.07, 6.45) is 0. The van der Waals surface area contributed by atoms with Crippen LogP contribution in [0.3, 0.4) is 0 Å². The topological polar surface area (TPSA) is 58.2 Å². The van der Waals surface area contributed by atoms with Gasteiger partial charge in [-0.1, -0.05) is 23.7 Å². The van der Waals surface area contributed by atoms with E-state index >= 15 is 0 Å². The molecule has 0 aliphatic carbocycles. The molecule has 2 N–H and O–H groups in total. The number of amides is 2. The summed E-state index contributed by atoms with van der Waals surface area (Å²) in [5, 5.41) is 0.199. The normalized spacial score (nSPS) is 10.4. The Kier molecular flexibility index (Phi) is 5.29. The Morgan fingerprint density at radius 2 is 1.58 bits per heavy atom. The van der Waals surface area contributed by atoms with Crippen LogP contribution < -0.4 is 10.9 Å². The van der Waals surface area contributed by atoms with Gasteiger partial charge in [-0.05, 0) is 48.0 Å². The van der Waals surface area contributed by atoms with Crippen molar-refractivity contribution >= 4 is 34.8 Å². The monoisotopic (exact) mass is 392 g/mol. The highest BCUT2D eigenvalue weighted by atomic mass is 35.5. The summed E-state index contributed by atoms with van der Waals surface area (Å²) >= 11 is 6.91. The largest absolute Gasteiger partial charge is 0.279 e. The van der Waals surface area contributed by atoms with E-state index < -0.39 is 17.6 Å². The summed E-state index contributed by atoms with van der Waals surface area (Å²) in [5.41, 5.74) is 4.84. The van der Waals surface area contributed by atoms with Crippen LogP contribution in [0, 0.1) is 11.6 Å². The van der Waals surface area contributed by atoms with Crippen LogP contribution in [0.2, 0.25) is 5.02 Å². The fourth-order valence-electron chi connectivity index (χ4n) is 2.14. The van der Waals surface area contributed by atoms with Gasteiger partial charge in [0, 0.05) is 9.90 Å². The lowest BCUT2D eigenvalue weighted by molar-refractivity contribution is 0.0846. The van der Waals surface area contributed by atoms with E-state index in [-0.39, 0.29) is 16.4 Å². The molecule has 8 heteroatoms.